The molecular formula is C10H14O. The minimum atomic E-state index is 0.0180. The zero-order chi connectivity index (χ0) is 8.06. The monoisotopic (exact) mass is 150 g/mol. The molecule has 1 saturated carbocycles. The Balaban J connectivity index is 2.36. The van der Waals surface area contributed by atoms with Crippen LogP contribution >= 0.6 is 0 Å². The van der Waals surface area contributed by atoms with Gasteiger partial charge in [-0.25, -0.2) is 0 Å². The predicted octanol–water partition coefficient (Wildman–Crippen LogP) is 2.32. The summed E-state index contributed by atoms with van der Waals surface area (Å²) in [6.45, 7) is 4.27. The van der Waals surface area contributed by atoms with Crippen molar-refractivity contribution in [2.45, 2.75) is 33.1 Å². The summed E-state index contributed by atoms with van der Waals surface area (Å²) in [4.78, 5) is 11.5. The molecular weight excluding hydrogens is 136 g/mol. The predicted molar refractivity (Wildman–Crippen MR) is 44.2 cm³/mol. The van der Waals surface area contributed by atoms with Crippen molar-refractivity contribution in [2.75, 3.05) is 0 Å². The molecule has 2 unspecified atom stereocenters. The highest BCUT2D eigenvalue weighted by atomic mass is 16.1. The highest BCUT2D eigenvalue weighted by Gasteiger charge is 2.44. The molecule has 0 saturated heterocycles. The Morgan fingerprint density at radius 3 is 3.00 bits per heavy atom. The number of hydrogen-bond donors (Lipinski definition) is 0. The van der Waals surface area contributed by atoms with E-state index in [0.717, 1.165) is 19.3 Å². The molecule has 0 aromatic heterocycles. The molecule has 0 heterocycles. The Labute approximate surface area is 67.5 Å². The molecule has 1 heteroatoms. The van der Waals surface area contributed by atoms with Crippen LogP contribution in [0.15, 0.2) is 11.6 Å². The quantitative estimate of drug-likeness (QED) is 0.484. The van der Waals surface area contributed by atoms with Crippen molar-refractivity contribution in [3.8, 4) is 0 Å². The van der Waals surface area contributed by atoms with E-state index in [0.29, 0.717) is 11.7 Å². The Hall–Kier alpha value is -0.590. The topological polar surface area (TPSA) is 17.1 Å². The van der Waals surface area contributed by atoms with Gasteiger partial charge in [-0.3, -0.25) is 4.79 Å². The molecule has 1 nitrogen and oxygen atoms in total. The lowest BCUT2D eigenvalue weighted by atomic mass is 9.78. The Morgan fingerprint density at radius 1 is 1.64 bits per heavy atom. The van der Waals surface area contributed by atoms with E-state index in [1.54, 1.807) is 0 Å². The van der Waals surface area contributed by atoms with Gasteiger partial charge in [-0.2, -0.15) is 0 Å². The highest BCUT2D eigenvalue weighted by Crippen LogP contribution is 2.47. The van der Waals surface area contributed by atoms with E-state index in [4.69, 9.17) is 0 Å². The van der Waals surface area contributed by atoms with Crippen LogP contribution in [0.25, 0.3) is 0 Å². The van der Waals surface area contributed by atoms with Crippen molar-refractivity contribution in [1.82, 2.24) is 0 Å². The van der Waals surface area contributed by atoms with Gasteiger partial charge in [-0.1, -0.05) is 18.6 Å². The maximum absolute atomic E-state index is 11.5. The summed E-state index contributed by atoms with van der Waals surface area (Å²) in [5, 5.41) is 0. The van der Waals surface area contributed by atoms with Crippen molar-refractivity contribution in [2.24, 2.45) is 11.3 Å². The van der Waals surface area contributed by atoms with Gasteiger partial charge >= 0.3 is 0 Å². The first-order valence-electron chi connectivity index (χ1n) is 4.32. The fourth-order valence-corrected chi connectivity index (χ4v) is 2.27. The Kier molecular flexibility index (Phi) is 1.26. The zero-order valence-electron chi connectivity index (χ0n) is 7.18. The van der Waals surface area contributed by atoms with Crippen LogP contribution in [0, 0.1) is 11.3 Å². The first kappa shape index (κ1) is 7.08. The maximum atomic E-state index is 11.5. The van der Waals surface area contributed by atoms with Crippen molar-refractivity contribution in [3.63, 3.8) is 0 Å². The fourth-order valence-electron chi connectivity index (χ4n) is 2.27. The zero-order valence-corrected chi connectivity index (χ0v) is 7.18. The smallest absolute Gasteiger partial charge is 0.139 e. The van der Waals surface area contributed by atoms with Crippen molar-refractivity contribution >= 4 is 5.78 Å². The summed E-state index contributed by atoms with van der Waals surface area (Å²) in [5.74, 6) is 1.07. The van der Waals surface area contributed by atoms with Gasteiger partial charge in [0.2, 0.25) is 0 Å². The molecule has 0 aromatic carbocycles. The van der Waals surface area contributed by atoms with Crippen LogP contribution in [0.2, 0.25) is 0 Å². The third-order valence-corrected chi connectivity index (χ3v) is 3.32. The molecule has 0 aromatic rings. The van der Waals surface area contributed by atoms with Gasteiger partial charge in [0, 0.05) is 11.8 Å². The molecule has 0 N–H and O–H groups in total. The molecule has 0 amide bonds. The standard InChI is InChI=1S/C10H14O/c1-7-3-4-10(2)6-8(7)5-9(10)11/h3,8H,4-6H2,1-2H3. The minimum Gasteiger partial charge on any atom is -0.299 e. The van der Waals surface area contributed by atoms with Crippen molar-refractivity contribution < 1.29 is 4.79 Å². The largest absolute Gasteiger partial charge is 0.299 e. The summed E-state index contributed by atoms with van der Waals surface area (Å²) in [5.41, 5.74) is 1.46. The number of rotatable bonds is 0. The van der Waals surface area contributed by atoms with Crippen LogP contribution in [0.4, 0.5) is 0 Å². The van der Waals surface area contributed by atoms with Gasteiger partial charge in [-0.05, 0) is 25.7 Å². The van der Waals surface area contributed by atoms with Gasteiger partial charge in [0.05, 0.1) is 0 Å². The number of ketones is 1. The van der Waals surface area contributed by atoms with Crippen LogP contribution in [0.5, 0.6) is 0 Å². The summed E-state index contributed by atoms with van der Waals surface area (Å²) in [6.07, 6.45) is 5.14. The third-order valence-electron chi connectivity index (χ3n) is 3.32. The van der Waals surface area contributed by atoms with E-state index in [-0.39, 0.29) is 5.41 Å². The maximum Gasteiger partial charge on any atom is 0.139 e. The lowest BCUT2D eigenvalue weighted by Gasteiger charge is -2.25. The second-order valence-electron chi connectivity index (χ2n) is 4.24. The molecule has 0 spiro atoms. The second kappa shape index (κ2) is 1.96. The van der Waals surface area contributed by atoms with Crippen LogP contribution in [-0.2, 0) is 4.79 Å². The molecule has 0 radical (unpaired) electrons. The summed E-state index contributed by atoms with van der Waals surface area (Å²) < 4.78 is 0. The molecule has 2 rings (SSSR count). The van der Waals surface area contributed by atoms with Crippen LogP contribution in [-0.4, -0.2) is 5.78 Å². The van der Waals surface area contributed by atoms with Gasteiger partial charge in [0.25, 0.3) is 0 Å². The molecule has 1 fully saturated rings. The number of Topliss-reactive ketones (excluding diaryl/α,β-unsaturated/α-hetero) is 1. The Bertz CT molecular complexity index is 239. The van der Waals surface area contributed by atoms with E-state index in [2.05, 4.69) is 19.9 Å². The molecule has 2 aliphatic carbocycles. The number of fused-ring (bicyclic) bond motifs is 2. The van der Waals surface area contributed by atoms with Gasteiger partial charge in [-0.15, -0.1) is 0 Å². The summed E-state index contributed by atoms with van der Waals surface area (Å²) in [7, 11) is 0. The average molecular weight is 150 g/mol. The fraction of sp³-hybridized carbons (Fsp3) is 0.700. The lowest BCUT2D eigenvalue weighted by Crippen LogP contribution is -2.21. The van der Waals surface area contributed by atoms with Gasteiger partial charge in [0.15, 0.2) is 0 Å². The van der Waals surface area contributed by atoms with Gasteiger partial charge < -0.3 is 0 Å². The molecule has 0 aliphatic heterocycles. The second-order valence-corrected chi connectivity index (χ2v) is 4.24. The van der Waals surface area contributed by atoms with Crippen molar-refractivity contribution in [3.05, 3.63) is 11.6 Å². The van der Waals surface area contributed by atoms with Gasteiger partial charge in [0.1, 0.15) is 5.78 Å². The van der Waals surface area contributed by atoms with Crippen LogP contribution < -0.4 is 0 Å². The normalized spacial score (nSPS) is 42.5. The molecule has 11 heavy (non-hydrogen) atoms. The number of hydrogen-bond acceptors (Lipinski definition) is 1. The third kappa shape index (κ3) is 0.867. The number of carbonyl (C=O) groups excluding carboxylic acids is 1. The minimum absolute atomic E-state index is 0.0180. The van der Waals surface area contributed by atoms with Crippen LogP contribution in [0.1, 0.15) is 33.1 Å². The van der Waals surface area contributed by atoms with E-state index in [1.807, 2.05) is 0 Å². The first-order valence-corrected chi connectivity index (χ1v) is 4.32. The highest BCUT2D eigenvalue weighted by molar-refractivity contribution is 5.88. The first-order chi connectivity index (χ1) is 5.12. The molecule has 2 bridgehead atoms. The SMILES string of the molecule is CC1=CCC2(C)CC1CC2=O. The molecule has 2 aliphatic rings. The Morgan fingerprint density at radius 2 is 2.36 bits per heavy atom. The van der Waals surface area contributed by atoms with Crippen LogP contribution in [0.3, 0.4) is 0 Å². The summed E-state index contributed by atoms with van der Waals surface area (Å²) >= 11 is 0. The summed E-state index contributed by atoms with van der Waals surface area (Å²) in [6, 6.07) is 0. The average Bonchev–Trinajstić information content (AvgIpc) is 2.20. The van der Waals surface area contributed by atoms with E-state index in [9.17, 15) is 4.79 Å². The van der Waals surface area contributed by atoms with Crippen molar-refractivity contribution in [1.29, 1.82) is 0 Å². The molecule has 60 valence electrons. The van der Waals surface area contributed by atoms with E-state index >= 15 is 0 Å². The van der Waals surface area contributed by atoms with E-state index < -0.39 is 0 Å². The number of carbonyl (C=O) groups is 1. The van der Waals surface area contributed by atoms with E-state index in [1.165, 1.54) is 5.57 Å². The lowest BCUT2D eigenvalue weighted by molar-refractivity contribution is -0.124. The number of allylic oxidation sites excluding steroid dienone is 2. The molecule has 2 atom stereocenters.